The van der Waals surface area contributed by atoms with Crippen molar-refractivity contribution < 1.29 is 19.4 Å². The van der Waals surface area contributed by atoms with Gasteiger partial charge in [0.2, 0.25) is 0 Å². The van der Waals surface area contributed by atoms with Crippen LogP contribution < -0.4 is 5.73 Å². The van der Waals surface area contributed by atoms with Gasteiger partial charge in [0.1, 0.15) is 0 Å². The largest absolute Gasteiger partial charge is 0.505 e. The third-order valence-electron chi connectivity index (χ3n) is 2.18. The number of benzene rings is 1. The van der Waals surface area contributed by atoms with E-state index in [1.807, 2.05) is 0 Å². The van der Waals surface area contributed by atoms with E-state index >= 15 is 0 Å². The molecule has 0 bridgehead atoms. The van der Waals surface area contributed by atoms with Crippen molar-refractivity contribution in [3.8, 4) is 5.75 Å². The Morgan fingerprint density at radius 2 is 2.20 bits per heavy atom. The summed E-state index contributed by atoms with van der Waals surface area (Å²) in [7, 11) is 0. The Morgan fingerprint density at radius 1 is 1.60 bits per heavy atom. The lowest BCUT2D eigenvalue weighted by Crippen LogP contribution is -2.11. The van der Waals surface area contributed by atoms with Crippen LogP contribution in [0.25, 0.3) is 0 Å². The molecule has 4 nitrogen and oxygen atoms in total. The van der Waals surface area contributed by atoms with Crippen LogP contribution in [0.4, 0.5) is 4.39 Å². The molecule has 5 heteroatoms. The zero-order valence-corrected chi connectivity index (χ0v) is 8.20. The highest BCUT2D eigenvalue weighted by Crippen LogP contribution is 2.28. The minimum Gasteiger partial charge on any atom is -0.505 e. The van der Waals surface area contributed by atoms with E-state index in [2.05, 4.69) is 0 Å². The standard InChI is InChI=1S/C10H12FNO3/c1-2-8(12)6-3-5(10(14)15)4-7(11)9(6)13/h3-4,8,13H,2,12H2,1H3,(H,14,15)/t8-/m1/s1. The number of hydrogen-bond donors (Lipinski definition) is 3. The first-order valence-corrected chi connectivity index (χ1v) is 4.48. The molecule has 1 aromatic rings. The Balaban J connectivity index is 3.31. The topological polar surface area (TPSA) is 83.6 Å². The minimum atomic E-state index is -1.25. The van der Waals surface area contributed by atoms with Gasteiger partial charge in [0.15, 0.2) is 11.6 Å². The number of hydrogen-bond acceptors (Lipinski definition) is 3. The molecule has 4 N–H and O–H groups in total. The van der Waals surface area contributed by atoms with E-state index in [0.29, 0.717) is 6.42 Å². The first-order valence-electron chi connectivity index (χ1n) is 4.48. The van der Waals surface area contributed by atoms with Gasteiger partial charge in [-0.1, -0.05) is 6.92 Å². The Hall–Kier alpha value is -1.62. The number of phenolic OH excluding ortho intramolecular Hbond substituents is 1. The Labute approximate surface area is 86.1 Å². The number of aromatic carboxylic acids is 1. The molecule has 0 amide bonds. The molecule has 0 unspecified atom stereocenters. The Morgan fingerprint density at radius 3 is 2.67 bits per heavy atom. The fraction of sp³-hybridized carbons (Fsp3) is 0.300. The summed E-state index contributed by atoms with van der Waals surface area (Å²) in [6, 6.07) is 1.39. The van der Waals surface area contributed by atoms with Crippen molar-refractivity contribution in [3.05, 3.63) is 29.1 Å². The first kappa shape index (κ1) is 11.5. The summed E-state index contributed by atoms with van der Waals surface area (Å²) in [6.45, 7) is 1.76. The molecule has 0 aromatic heterocycles. The second kappa shape index (κ2) is 4.27. The molecule has 0 saturated heterocycles. The molecule has 15 heavy (non-hydrogen) atoms. The molecular formula is C10H12FNO3. The van der Waals surface area contributed by atoms with Crippen LogP contribution in [-0.4, -0.2) is 16.2 Å². The molecule has 0 aliphatic carbocycles. The SMILES string of the molecule is CC[C@@H](N)c1cc(C(=O)O)cc(F)c1O. The number of halogens is 1. The van der Waals surface area contributed by atoms with Gasteiger partial charge in [0, 0.05) is 11.6 Å². The quantitative estimate of drug-likeness (QED) is 0.712. The maximum absolute atomic E-state index is 13.1. The number of carboxylic acid groups (broad SMARTS) is 1. The molecule has 0 aliphatic rings. The highest BCUT2D eigenvalue weighted by molar-refractivity contribution is 5.88. The molecule has 1 atom stereocenters. The van der Waals surface area contributed by atoms with E-state index in [9.17, 15) is 14.3 Å². The van der Waals surface area contributed by atoms with Gasteiger partial charge in [-0.3, -0.25) is 0 Å². The summed E-state index contributed by atoms with van der Waals surface area (Å²) in [6.07, 6.45) is 0.482. The Bertz CT molecular complexity index is 392. The highest BCUT2D eigenvalue weighted by Gasteiger charge is 2.17. The van der Waals surface area contributed by atoms with Gasteiger partial charge in [-0.15, -0.1) is 0 Å². The van der Waals surface area contributed by atoms with Crippen molar-refractivity contribution in [1.29, 1.82) is 0 Å². The van der Waals surface area contributed by atoms with Gasteiger partial charge >= 0.3 is 5.97 Å². The van der Waals surface area contributed by atoms with E-state index in [0.717, 1.165) is 6.07 Å². The minimum absolute atomic E-state index is 0.120. The summed E-state index contributed by atoms with van der Waals surface area (Å²) < 4.78 is 13.1. The first-order chi connectivity index (χ1) is 6.97. The number of carboxylic acids is 1. The van der Waals surface area contributed by atoms with Crippen molar-refractivity contribution in [3.63, 3.8) is 0 Å². The zero-order chi connectivity index (χ0) is 11.6. The predicted molar refractivity (Wildman–Crippen MR) is 52.2 cm³/mol. The molecule has 0 spiro atoms. The van der Waals surface area contributed by atoms with E-state index in [1.54, 1.807) is 6.92 Å². The van der Waals surface area contributed by atoms with Crippen molar-refractivity contribution in [2.45, 2.75) is 19.4 Å². The average molecular weight is 213 g/mol. The summed E-state index contributed by atoms with van der Waals surface area (Å²) in [5, 5.41) is 18.0. The van der Waals surface area contributed by atoms with Crippen LogP contribution in [0, 0.1) is 5.82 Å². The maximum atomic E-state index is 13.1. The summed E-state index contributed by atoms with van der Waals surface area (Å²) in [4.78, 5) is 10.6. The molecular weight excluding hydrogens is 201 g/mol. The van der Waals surface area contributed by atoms with E-state index in [1.165, 1.54) is 6.07 Å². The zero-order valence-electron chi connectivity index (χ0n) is 8.20. The van der Waals surface area contributed by atoms with Crippen molar-refractivity contribution in [2.75, 3.05) is 0 Å². The van der Waals surface area contributed by atoms with Crippen LogP contribution in [-0.2, 0) is 0 Å². The van der Waals surface area contributed by atoms with Crippen molar-refractivity contribution in [1.82, 2.24) is 0 Å². The lowest BCUT2D eigenvalue weighted by atomic mass is 10.0. The summed E-state index contributed by atoms with van der Waals surface area (Å²) in [5.41, 5.74) is 5.52. The molecule has 82 valence electrons. The van der Waals surface area contributed by atoms with Crippen LogP contribution in [0.1, 0.15) is 35.3 Å². The smallest absolute Gasteiger partial charge is 0.335 e. The normalized spacial score (nSPS) is 12.5. The third-order valence-corrected chi connectivity index (χ3v) is 2.18. The number of nitrogens with two attached hydrogens (primary N) is 1. The van der Waals surface area contributed by atoms with Crippen molar-refractivity contribution >= 4 is 5.97 Å². The average Bonchev–Trinajstić information content (AvgIpc) is 2.20. The lowest BCUT2D eigenvalue weighted by molar-refractivity contribution is 0.0696. The summed E-state index contributed by atoms with van der Waals surface area (Å²) in [5.74, 6) is -2.79. The van der Waals surface area contributed by atoms with Gasteiger partial charge in [-0.2, -0.15) is 0 Å². The molecule has 1 aromatic carbocycles. The fourth-order valence-electron chi connectivity index (χ4n) is 1.25. The van der Waals surface area contributed by atoms with Crippen LogP contribution in [0.5, 0.6) is 5.75 Å². The number of rotatable bonds is 3. The van der Waals surface area contributed by atoms with Gasteiger partial charge in [0.05, 0.1) is 5.56 Å². The monoisotopic (exact) mass is 213 g/mol. The van der Waals surface area contributed by atoms with Crippen LogP contribution in [0.2, 0.25) is 0 Å². The van der Waals surface area contributed by atoms with Gasteiger partial charge in [-0.05, 0) is 18.6 Å². The third kappa shape index (κ3) is 2.24. The summed E-state index contributed by atoms with van der Waals surface area (Å²) >= 11 is 0. The molecule has 0 radical (unpaired) electrons. The Kier molecular flexibility index (Phi) is 3.26. The fourth-order valence-corrected chi connectivity index (χ4v) is 1.25. The molecule has 0 saturated carbocycles. The molecule has 1 rings (SSSR count). The highest BCUT2D eigenvalue weighted by atomic mass is 19.1. The van der Waals surface area contributed by atoms with E-state index < -0.39 is 23.6 Å². The van der Waals surface area contributed by atoms with Gasteiger partial charge in [0.25, 0.3) is 0 Å². The van der Waals surface area contributed by atoms with Crippen LogP contribution in [0.3, 0.4) is 0 Å². The van der Waals surface area contributed by atoms with E-state index in [4.69, 9.17) is 10.8 Å². The van der Waals surface area contributed by atoms with Gasteiger partial charge < -0.3 is 15.9 Å². The molecule has 0 heterocycles. The number of carbonyl (C=O) groups is 1. The predicted octanol–water partition coefficient (Wildman–Crippen LogP) is 1.64. The van der Waals surface area contributed by atoms with Crippen molar-refractivity contribution in [2.24, 2.45) is 5.73 Å². The molecule has 0 aliphatic heterocycles. The number of aromatic hydroxyl groups is 1. The lowest BCUT2D eigenvalue weighted by Gasteiger charge is -2.12. The number of phenols is 1. The van der Waals surface area contributed by atoms with E-state index in [-0.39, 0.29) is 11.1 Å². The van der Waals surface area contributed by atoms with Crippen LogP contribution >= 0.6 is 0 Å². The second-order valence-electron chi connectivity index (χ2n) is 3.22. The second-order valence-corrected chi connectivity index (χ2v) is 3.22. The maximum Gasteiger partial charge on any atom is 0.335 e. The molecule has 0 fully saturated rings. The van der Waals surface area contributed by atoms with Gasteiger partial charge in [-0.25, -0.2) is 9.18 Å². The van der Waals surface area contributed by atoms with Crippen LogP contribution in [0.15, 0.2) is 12.1 Å².